The first-order chi connectivity index (χ1) is 8.33. The van der Waals surface area contributed by atoms with E-state index in [9.17, 15) is 4.79 Å². The Kier molecular flexibility index (Phi) is 3.20. The number of likely N-dealkylation sites (tertiary alicyclic amines) is 1. The maximum absolute atomic E-state index is 11.9. The average molecular weight is 240 g/mol. The summed E-state index contributed by atoms with van der Waals surface area (Å²) in [5.41, 5.74) is 0. The maximum atomic E-state index is 11.9. The van der Waals surface area contributed by atoms with E-state index in [4.69, 9.17) is 9.47 Å². The lowest BCUT2D eigenvalue weighted by Crippen LogP contribution is -2.48. The topological polar surface area (TPSA) is 50.8 Å². The third-order valence-electron chi connectivity index (χ3n) is 3.68. The SMILES string of the molecule is O=C(NC1CC1)N1CCCC(C2OCCO2)C1. The number of rotatable bonds is 2. The van der Waals surface area contributed by atoms with Gasteiger partial charge in [0.25, 0.3) is 0 Å². The predicted molar refractivity (Wildman–Crippen MR) is 61.5 cm³/mol. The Morgan fingerprint density at radius 2 is 1.94 bits per heavy atom. The van der Waals surface area contributed by atoms with Gasteiger partial charge in [-0.05, 0) is 25.7 Å². The summed E-state index contributed by atoms with van der Waals surface area (Å²) in [6, 6.07) is 0.525. The van der Waals surface area contributed by atoms with Crippen molar-refractivity contribution in [2.45, 2.75) is 38.0 Å². The molecule has 0 aromatic heterocycles. The summed E-state index contributed by atoms with van der Waals surface area (Å²) < 4.78 is 11.1. The Labute approximate surface area is 101 Å². The third-order valence-corrected chi connectivity index (χ3v) is 3.68. The van der Waals surface area contributed by atoms with Crippen LogP contribution in [0.15, 0.2) is 0 Å². The van der Waals surface area contributed by atoms with Crippen molar-refractivity contribution < 1.29 is 14.3 Å². The van der Waals surface area contributed by atoms with E-state index in [1.165, 1.54) is 0 Å². The van der Waals surface area contributed by atoms with Gasteiger partial charge in [-0.25, -0.2) is 4.79 Å². The summed E-state index contributed by atoms with van der Waals surface area (Å²) in [6.07, 6.45) is 4.33. The Hall–Kier alpha value is -0.810. The molecule has 1 atom stereocenters. The van der Waals surface area contributed by atoms with Crippen molar-refractivity contribution in [1.29, 1.82) is 0 Å². The fraction of sp³-hybridized carbons (Fsp3) is 0.917. The first-order valence-corrected chi connectivity index (χ1v) is 6.61. The van der Waals surface area contributed by atoms with Crippen LogP contribution in [-0.2, 0) is 9.47 Å². The van der Waals surface area contributed by atoms with Crippen LogP contribution in [0.2, 0.25) is 0 Å². The Morgan fingerprint density at radius 1 is 1.18 bits per heavy atom. The standard InChI is InChI=1S/C12H20N2O3/c15-12(13-10-3-4-10)14-5-1-2-9(8-14)11-16-6-7-17-11/h9-11H,1-8H2,(H,13,15). The van der Waals surface area contributed by atoms with Gasteiger partial charge in [0.05, 0.1) is 13.2 Å². The molecule has 1 unspecified atom stereocenters. The number of nitrogens with zero attached hydrogens (tertiary/aromatic N) is 1. The molecule has 2 amide bonds. The molecular weight excluding hydrogens is 220 g/mol. The van der Waals surface area contributed by atoms with Crippen molar-refractivity contribution >= 4 is 6.03 Å². The molecule has 0 spiro atoms. The van der Waals surface area contributed by atoms with E-state index >= 15 is 0 Å². The molecule has 0 radical (unpaired) electrons. The van der Waals surface area contributed by atoms with Gasteiger partial charge in [-0.2, -0.15) is 0 Å². The van der Waals surface area contributed by atoms with E-state index in [0.717, 1.165) is 38.8 Å². The number of carbonyl (C=O) groups is 1. The van der Waals surface area contributed by atoms with Gasteiger partial charge in [-0.3, -0.25) is 0 Å². The molecule has 2 heterocycles. The Bertz CT molecular complexity index is 287. The fourth-order valence-electron chi connectivity index (χ4n) is 2.56. The largest absolute Gasteiger partial charge is 0.350 e. The van der Waals surface area contributed by atoms with Crippen LogP contribution in [0.3, 0.4) is 0 Å². The summed E-state index contributed by atoms with van der Waals surface area (Å²) in [6.45, 7) is 3.01. The van der Waals surface area contributed by atoms with E-state index in [0.29, 0.717) is 25.2 Å². The molecule has 5 nitrogen and oxygen atoms in total. The van der Waals surface area contributed by atoms with Gasteiger partial charge in [0.2, 0.25) is 0 Å². The first-order valence-electron chi connectivity index (χ1n) is 6.61. The van der Waals surface area contributed by atoms with Crippen LogP contribution in [0.4, 0.5) is 4.79 Å². The quantitative estimate of drug-likeness (QED) is 0.781. The van der Waals surface area contributed by atoms with Gasteiger partial charge < -0.3 is 19.7 Å². The molecule has 96 valence electrons. The van der Waals surface area contributed by atoms with Gasteiger partial charge in [-0.1, -0.05) is 0 Å². The van der Waals surface area contributed by atoms with Gasteiger partial charge in [0, 0.05) is 25.0 Å². The molecule has 17 heavy (non-hydrogen) atoms. The van der Waals surface area contributed by atoms with E-state index in [-0.39, 0.29) is 12.3 Å². The number of hydrogen-bond donors (Lipinski definition) is 1. The first kappa shape index (κ1) is 11.3. The monoisotopic (exact) mass is 240 g/mol. The third kappa shape index (κ3) is 2.72. The van der Waals surface area contributed by atoms with Crippen molar-refractivity contribution in [3.8, 4) is 0 Å². The number of piperidine rings is 1. The number of hydrogen-bond acceptors (Lipinski definition) is 3. The van der Waals surface area contributed by atoms with E-state index in [1.807, 2.05) is 4.90 Å². The van der Waals surface area contributed by atoms with E-state index < -0.39 is 0 Å². The molecule has 2 saturated heterocycles. The molecule has 3 fully saturated rings. The fourth-order valence-corrected chi connectivity index (χ4v) is 2.56. The number of nitrogens with one attached hydrogen (secondary N) is 1. The van der Waals surface area contributed by atoms with Crippen molar-refractivity contribution in [3.05, 3.63) is 0 Å². The second kappa shape index (κ2) is 4.82. The van der Waals surface area contributed by atoms with Crippen molar-refractivity contribution in [2.75, 3.05) is 26.3 Å². The van der Waals surface area contributed by atoms with Crippen molar-refractivity contribution in [1.82, 2.24) is 10.2 Å². The molecule has 0 aromatic carbocycles. The van der Waals surface area contributed by atoms with Crippen LogP contribution >= 0.6 is 0 Å². The molecule has 2 aliphatic heterocycles. The molecular formula is C12H20N2O3. The normalized spacial score (nSPS) is 30.6. The summed E-state index contributed by atoms with van der Waals surface area (Å²) in [5.74, 6) is 0.344. The summed E-state index contributed by atoms with van der Waals surface area (Å²) in [7, 11) is 0. The highest BCUT2D eigenvalue weighted by Gasteiger charge is 2.34. The molecule has 1 N–H and O–H groups in total. The minimum absolute atomic E-state index is 0.0912. The van der Waals surface area contributed by atoms with Crippen LogP contribution in [0.5, 0.6) is 0 Å². The molecule has 0 aromatic rings. The lowest BCUT2D eigenvalue weighted by molar-refractivity contribution is -0.0963. The Morgan fingerprint density at radius 3 is 2.65 bits per heavy atom. The highest BCUT2D eigenvalue weighted by molar-refractivity contribution is 5.75. The van der Waals surface area contributed by atoms with Crippen molar-refractivity contribution in [3.63, 3.8) is 0 Å². The highest BCUT2D eigenvalue weighted by atomic mass is 16.7. The molecule has 3 aliphatic rings. The molecule has 5 heteroatoms. The number of amides is 2. The number of ether oxygens (including phenoxy) is 2. The van der Waals surface area contributed by atoms with Crippen LogP contribution < -0.4 is 5.32 Å². The zero-order valence-corrected chi connectivity index (χ0v) is 10.1. The summed E-state index contributed by atoms with van der Waals surface area (Å²) >= 11 is 0. The van der Waals surface area contributed by atoms with E-state index in [1.54, 1.807) is 0 Å². The summed E-state index contributed by atoms with van der Waals surface area (Å²) in [4.78, 5) is 13.9. The minimum atomic E-state index is -0.0912. The second-order valence-electron chi connectivity index (χ2n) is 5.18. The molecule has 0 bridgehead atoms. The number of carbonyl (C=O) groups excluding carboxylic acids is 1. The molecule has 1 aliphatic carbocycles. The predicted octanol–water partition coefficient (Wildman–Crippen LogP) is 0.943. The van der Waals surface area contributed by atoms with Gasteiger partial charge in [-0.15, -0.1) is 0 Å². The highest BCUT2D eigenvalue weighted by Crippen LogP contribution is 2.25. The minimum Gasteiger partial charge on any atom is -0.350 e. The smallest absolute Gasteiger partial charge is 0.317 e. The molecule has 3 rings (SSSR count). The van der Waals surface area contributed by atoms with Crippen LogP contribution in [-0.4, -0.2) is 49.6 Å². The second-order valence-corrected chi connectivity index (χ2v) is 5.18. The van der Waals surface area contributed by atoms with Gasteiger partial charge >= 0.3 is 6.03 Å². The average Bonchev–Trinajstić information content (AvgIpc) is 3.00. The molecule has 1 saturated carbocycles. The van der Waals surface area contributed by atoms with Crippen LogP contribution in [0.1, 0.15) is 25.7 Å². The van der Waals surface area contributed by atoms with Gasteiger partial charge in [0.1, 0.15) is 0 Å². The Balaban J connectivity index is 1.52. The van der Waals surface area contributed by atoms with Gasteiger partial charge in [0.15, 0.2) is 6.29 Å². The number of urea groups is 1. The lowest BCUT2D eigenvalue weighted by atomic mass is 9.98. The lowest BCUT2D eigenvalue weighted by Gasteiger charge is -2.34. The van der Waals surface area contributed by atoms with Crippen LogP contribution in [0.25, 0.3) is 0 Å². The zero-order chi connectivity index (χ0) is 11.7. The maximum Gasteiger partial charge on any atom is 0.317 e. The zero-order valence-electron chi connectivity index (χ0n) is 10.1. The van der Waals surface area contributed by atoms with Crippen molar-refractivity contribution in [2.24, 2.45) is 5.92 Å². The van der Waals surface area contributed by atoms with Crippen LogP contribution in [0, 0.1) is 5.92 Å². The van der Waals surface area contributed by atoms with E-state index in [2.05, 4.69) is 5.32 Å². The summed E-state index contributed by atoms with van der Waals surface area (Å²) in [5, 5.41) is 3.04.